The van der Waals surface area contributed by atoms with Crippen molar-refractivity contribution < 1.29 is 0 Å². The molecule has 1 aromatic rings. The summed E-state index contributed by atoms with van der Waals surface area (Å²) in [4.78, 5) is 1.31. The van der Waals surface area contributed by atoms with E-state index < -0.39 is 0 Å². The fourth-order valence-corrected chi connectivity index (χ4v) is 2.74. The Kier molecular flexibility index (Phi) is 3.12. The Hall–Kier alpha value is -0.0900. The first-order valence-electron chi connectivity index (χ1n) is 4.88. The number of thiophene rings is 1. The Balaban J connectivity index is 1.87. The summed E-state index contributed by atoms with van der Waals surface area (Å²) in [5.74, 6) is 0. The highest BCUT2D eigenvalue weighted by Gasteiger charge is 2.27. The molecule has 14 heavy (non-hydrogen) atoms. The van der Waals surface area contributed by atoms with Crippen molar-refractivity contribution in [2.45, 2.75) is 25.4 Å². The summed E-state index contributed by atoms with van der Waals surface area (Å²) in [6, 6.07) is 4.05. The smallest absolute Gasteiger partial charge is 0.0931 e. The molecule has 0 amide bonds. The lowest BCUT2D eigenvalue weighted by molar-refractivity contribution is 0.387. The maximum Gasteiger partial charge on any atom is 0.0931 e. The van der Waals surface area contributed by atoms with Gasteiger partial charge in [0.15, 0.2) is 0 Å². The molecular weight excluding hydrogens is 216 g/mol. The second kappa shape index (κ2) is 4.19. The molecule has 2 heterocycles. The normalized spacial score (nSPS) is 27.0. The molecule has 78 valence electrons. The van der Waals surface area contributed by atoms with Crippen LogP contribution in [-0.4, -0.2) is 18.6 Å². The number of halogens is 1. The van der Waals surface area contributed by atoms with Gasteiger partial charge in [-0.25, -0.2) is 0 Å². The zero-order chi connectivity index (χ0) is 10.0. The van der Waals surface area contributed by atoms with E-state index in [9.17, 15) is 0 Å². The van der Waals surface area contributed by atoms with E-state index in [1.807, 2.05) is 6.07 Å². The van der Waals surface area contributed by atoms with Crippen LogP contribution in [0.5, 0.6) is 0 Å². The SMILES string of the molecule is CC1(NCc2ccc(Cl)s2)CCNC1. The van der Waals surface area contributed by atoms with Crippen LogP contribution in [0.2, 0.25) is 4.34 Å². The van der Waals surface area contributed by atoms with Gasteiger partial charge >= 0.3 is 0 Å². The highest BCUT2D eigenvalue weighted by molar-refractivity contribution is 7.16. The average molecular weight is 231 g/mol. The van der Waals surface area contributed by atoms with Gasteiger partial charge in [0.1, 0.15) is 0 Å². The third kappa shape index (κ3) is 2.48. The first-order chi connectivity index (χ1) is 6.68. The van der Waals surface area contributed by atoms with E-state index in [4.69, 9.17) is 11.6 Å². The summed E-state index contributed by atoms with van der Waals surface area (Å²) in [5.41, 5.74) is 0.260. The largest absolute Gasteiger partial charge is 0.315 e. The van der Waals surface area contributed by atoms with Crippen molar-refractivity contribution in [3.63, 3.8) is 0 Å². The van der Waals surface area contributed by atoms with Crippen LogP contribution in [0.4, 0.5) is 0 Å². The Morgan fingerprint density at radius 1 is 1.64 bits per heavy atom. The maximum absolute atomic E-state index is 5.87. The molecule has 2 nitrogen and oxygen atoms in total. The van der Waals surface area contributed by atoms with Crippen molar-refractivity contribution in [2.75, 3.05) is 13.1 Å². The van der Waals surface area contributed by atoms with Crippen molar-refractivity contribution >= 4 is 22.9 Å². The predicted octanol–water partition coefficient (Wildman–Crippen LogP) is 2.24. The summed E-state index contributed by atoms with van der Waals surface area (Å²) < 4.78 is 0.872. The Bertz CT molecular complexity index is 305. The van der Waals surface area contributed by atoms with Gasteiger partial charge in [0.05, 0.1) is 4.34 Å². The molecule has 0 spiro atoms. The van der Waals surface area contributed by atoms with Crippen molar-refractivity contribution in [1.29, 1.82) is 0 Å². The molecule has 1 atom stereocenters. The van der Waals surface area contributed by atoms with Crippen LogP contribution in [0.25, 0.3) is 0 Å². The van der Waals surface area contributed by atoms with Crippen LogP contribution in [0.1, 0.15) is 18.2 Å². The van der Waals surface area contributed by atoms with Crippen LogP contribution >= 0.6 is 22.9 Å². The highest BCUT2D eigenvalue weighted by Crippen LogP contribution is 2.22. The van der Waals surface area contributed by atoms with Crippen molar-refractivity contribution in [3.8, 4) is 0 Å². The lowest BCUT2D eigenvalue weighted by Gasteiger charge is -2.24. The lowest BCUT2D eigenvalue weighted by atomic mass is 10.0. The number of hydrogen-bond donors (Lipinski definition) is 2. The minimum absolute atomic E-state index is 0.260. The minimum atomic E-state index is 0.260. The fraction of sp³-hybridized carbons (Fsp3) is 0.600. The summed E-state index contributed by atoms with van der Waals surface area (Å²) in [5, 5.41) is 6.95. The summed E-state index contributed by atoms with van der Waals surface area (Å²) in [6.45, 7) is 5.37. The fourth-order valence-electron chi connectivity index (χ4n) is 1.72. The monoisotopic (exact) mass is 230 g/mol. The van der Waals surface area contributed by atoms with Gasteiger partial charge in [0, 0.05) is 23.5 Å². The van der Waals surface area contributed by atoms with E-state index >= 15 is 0 Å². The molecule has 4 heteroatoms. The van der Waals surface area contributed by atoms with Crippen LogP contribution in [0.3, 0.4) is 0 Å². The molecule has 0 saturated carbocycles. The molecule has 1 aliphatic rings. The molecule has 1 unspecified atom stereocenters. The number of hydrogen-bond acceptors (Lipinski definition) is 3. The van der Waals surface area contributed by atoms with E-state index in [0.29, 0.717) is 0 Å². The molecular formula is C10H15ClN2S. The molecule has 0 radical (unpaired) electrons. The zero-order valence-corrected chi connectivity index (χ0v) is 9.84. The molecule has 2 rings (SSSR count). The van der Waals surface area contributed by atoms with Gasteiger partial charge in [-0.2, -0.15) is 0 Å². The average Bonchev–Trinajstić information content (AvgIpc) is 2.73. The van der Waals surface area contributed by atoms with Crippen LogP contribution in [0.15, 0.2) is 12.1 Å². The quantitative estimate of drug-likeness (QED) is 0.833. The summed E-state index contributed by atoms with van der Waals surface area (Å²) in [7, 11) is 0. The Morgan fingerprint density at radius 3 is 3.07 bits per heavy atom. The van der Waals surface area contributed by atoms with Gasteiger partial charge in [0.2, 0.25) is 0 Å². The first kappa shape index (κ1) is 10.4. The first-order valence-corrected chi connectivity index (χ1v) is 6.07. The number of rotatable bonds is 3. The van der Waals surface area contributed by atoms with Gasteiger partial charge < -0.3 is 10.6 Å². The summed E-state index contributed by atoms with van der Waals surface area (Å²) >= 11 is 7.52. The third-order valence-electron chi connectivity index (χ3n) is 2.69. The molecule has 1 aliphatic heterocycles. The van der Waals surface area contributed by atoms with Crippen molar-refractivity contribution in [2.24, 2.45) is 0 Å². The predicted molar refractivity (Wildman–Crippen MR) is 62.1 cm³/mol. The van der Waals surface area contributed by atoms with Crippen molar-refractivity contribution in [3.05, 3.63) is 21.3 Å². The van der Waals surface area contributed by atoms with Gasteiger partial charge in [-0.05, 0) is 32.0 Å². The zero-order valence-electron chi connectivity index (χ0n) is 8.27. The second-order valence-corrected chi connectivity index (χ2v) is 5.85. The maximum atomic E-state index is 5.87. The standard InChI is InChI=1S/C10H15ClN2S/c1-10(4-5-12-7-10)13-6-8-2-3-9(11)14-8/h2-3,12-13H,4-7H2,1H3. The van der Waals surface area contributed by atoms with Gasteiger partial charge in [-0.3, -0.25) is 0 Å². The van der Waals surface area contributed by atoms with E-state index in [1.165, 1.54) is 11.3 Å². The molecule has 0 aliphatic carbocycles. The Labute approximate surface area is 93.7 Å². The highest BCUT2D eigenvalue weighted by atomic mass is 35.5. The van der Waals surface area contributed by atoms with Gasteiger partial charge in [0.25, 0.3) is 0 Å². The Morgan fingerprint density at radius 2 is 2.50 bits per heavy atom. The van der Waals surface area contributed by atoms with Crippen LogP contribution in [0, 0.1) is 0 Å². The van der Waals surface area contributed by atoms with Crippen LogP contribution in [-0.2, 0) is 6.54 Å². The molecule has 2 N–H and O–H groups in total. The molecule has 0 bridgehead atoms. The minimum Gasteiger partial charge on any atom is -0.315 e. The molecule has 0 aromatic carbocycles. The second-order valence-electron chi connectivity index (χ2n) is 4.05. The molecule has 1 aromatic heterocycles. The topological polar surface area (TPSA) is 24.1 Å². The van der Waals surface area contributed by atoms with Gasteiger partial charge in [-0.15, -0.1) is 11.3 Å². The van der Waals surface area contributed by atoms with E-state index in [2.05, 4.69) is 23.6 Å². The molecule has 1 saturated heterocycles. The molecule has 1 fully saturated rings. The summed E-state index contributed by atoms with van der Waals surface area (Å²) in [6.07, 6.45) is 1.20. The van der Waals surface area contributed by atoms with E-state index in [0.717, 1.165) is 24.0 Å². The number of nitrogens with one attached hydrogen (secondary N) is 2. The van der Waals surface area contributed by atoms with Crippen LogP contribution < -0.4 is 10.6 Å². The third-order valence-corrected chi connectivity index (χ3v) is 3.92. The van der Waals surface area contributed by atoms with E-state index in [-0.39, 0.29) is 5.54 Å². The van der Waals surface area contributed by atoms with Crippen molar-refractivity contribution in [1.82, 2.24) is 10.6 Å². The van der Waals surface area contributed by atoms with Gasteiger partial charge in [-0.1, -0.05) is 11.6 Å². The van der Waals surface area contributed by atoms with E-state index in [1.54, 1.807) is 11.3 Å². The lowest BCUT2D eigenvalue weighted by Crippen LogP contribution is -2.43.